The van der Waals surface area contributed by atoms with E-state index >= 15 is 0 Å². The molecule has 0 N–H and O–H groups in total. The van der Waals surface area contributed by atoms with Crippen LogP contribution in [0.5, 0.6) is 5.75 Å². The number of rotatable bonds is 4. The summed E-state index contributed by atoms with van der Waals surface area (Å²) < 4.78 is 56.2. The van der Waals surface area contributed by atoms with E-state index < -0.39 is 12.2 Å². The lowest BCUT2D eigenvalue weighted by Gasteiger charge is -2.16. The van der Waals surface area contributed by atoms with Crippen molar-refractivity contribution in [3.8, 4) is 16.9 Å². The van der Waals surface area contributed by atoms with E-state index in [-0.39, 0.29) is 30.6 Å². The SMILES string of the molecule is Cl.Cl.Fc1cc(-c2cccc(OC(F)(F)F)c2)ccc1/C=C1\CCCN=C1c1cccnc1. The molecule has 2 heterocycles. The molecule has 2 aromatic carbocycles. The second-order valence-corrected chi connectivity index (χ2v) is 7.06. The molecule has 9 heteroatoms. The van der Waals surface area contributed by atoms with E-state index in [1.54, 1.807) is 36.7 Å². The van der Waals surface area contributed by atoms with Gasteiger partial charge in [0.2, 0.25) is 0 Å². The number of alkyl halides is 3. The molecule has 0 spiro atoms. The molecule has 4 rings (SSSR count). The van der Waals surface area contributed by atoms with Crippen molar-refractivity contribution in [1.29, 1.82) is 0 Å². The van der Waals surface area contributed by atoms with Gasteiger partial charge < -0.3 is 4.74 Å². The van der Waals surface area contributed by atoms with Gasteiger partial charge in [0.05, 0.1) is 5.71 Å². The zero-order valence-electron chi connectivity index (χ0n) is 17.2. The fourth-order valence-electron chi connectivity index (χ4n) is 3.48. The maximum absolute atomic E-state index is 14.9. The average molecular weight is 499 g/mol. The van der Waals surface area contributed by atoms with E-state index in [9.17, 15) is 17.6 Å². The van der Waals surface area contributed by atoms with Crippen molar-refractivity contribution in [2.45, 2.75) is 19.2 Å². The largest absolute Gasteiger partial charge is 0.573 e. The summed E-state index contributed by atoms with van der Waals surface area (Å²) >= 11 is 0. The average Bonchev–Trinajstić information content (AvgIpc) is 2.75. The Balaban J connectivity index is 0.00000193. The van der Waals surface area contributed by atoms with Gasteiger partial charge >= 0.3 is 6.36 Å². The van der Waals surface area contributed by atoms with E-state index in [4.69, 9.17) is 0 Å². The highest BCUT2D eigenvalue weighted by Crippen LogP contribution is 2.30. The quantitative estimate of drug-likeness (QED) is 0.353. The van der Waals surface area contributed by atoms with Crippen LogP contribution in [0.1, 0.15) is 24.0 Å². The molecule has 1 aliphatic heterocycles. The molecule has 0 fully saturated rings. The molecule has 33 heavy (non-hydrogen) atoms. The number of aromatic nitrogens is 1. The highest BCUT2D eigenvalue weighted by atomic mass is 35.5. The van der Waals surface area contributed by atoms with E-state index in [1.165, 1.54) is 24.3 Å². The van der Waals surface area contributed by atoms with Gasteiger partial charge in [-0.2, -0.15) is 0 Å². The van der Waals surface area contributed by atoms with Crippen molar-refractivity contribution < 1.29 is 22.3 Å². The molecule has 0 atom stereocenters. The summed E-state index contributed by atoms with van der Waals surface area (Å²) in [4.78, 5) is 8.72. The van der Waals surface area contributed by atoms with Gasteiger partial charge in [-0.25, -0.2) is 4.39 Å². The summed E-state index contributed by atoms with van der Waals surface area (Å²) in [6.07, 6.45) is 2.05. The number of hydrogen-bond acceptors (Lipinski definition) is 3. The van der Waals surface area contributed by atoms with Crippen molar-refractivity contribution in [2.24, 2.45) is 4.99 Å². The zero-order valence-corrected chi connectivity index (χ0v) is 18.8. The molecule has 1 aromatic heterocycles. The van der Waals surface area contributed by atoms with Gasteiger partial charge in [0.1, 0.15) is 11.6 Å². The van der Waals surface area contributed by atoms with Crippen molar-refractivity contribution >= 4 is 36.6 Å². The number of pyridine rings is 1. The normalized spacial score (nSPS) is 14.7. The monoisotopic (exact) mass is 498 g/mol. The third kappa shape index (κ3) is 6.79. The molecule has 3 aromatic rings. The van der Waals surface area contributed by atoms with E-state index in [0.717, 1.165) is 29.7 Å². The van der Waals surface area contributed by atoms with E-state index in [1.807, 2.05) is 12.1 Å². The summed E-state index contributed by atoms with van der Waals surface area (Å²) in [6.45, 7) is 0.708. The van der Waals surface area contributed by atoms with Gasteiger partial charge in [0.15, 0.2) is 0 Å². The number of ether oxygens (including phenoxy) is 1. The van der Waals surface area contributed by atoms with Crippen molar-refractivity contribution in [3.05, 3.63) is 89.5 Å². The Hall–Kier alpha value is -2.90. The van der Waals surface area contributed by atoms with Gasteiger partial charge in [0, 0.05) is 30.1 Å². The van der Waals surface area contributed by atoms with E-state index in [0.29, 0.717) is 23.2 Å². The van der Waals surface area contributed by atoms with Crippen LogP contribution in [0.2, 0.25) is 0 Å². The first-order valence-electron chi connectivity index (χ1n) is 9.70. The number of benzene rings is 2. The Morgan fingerprint density at radius 3 is 2.36 bits per heavy atom. The molecule has 0 saturated heterocycles. The number of allylic oxidation sites excluding steroid dienone is 1. The minimum absolute atomic E-state index is 0. The Kier molecular flexibility index (Phi) is 9.02. The van der Waals surface area contributed by atoms with Crippen LogP contribution in [0.25, 0.3) is 17.2 Å². The van der Waals surface area contributed by atoms with Gasteiger partial charge in [-0.15, -0.1) is 38.0 Å². The smallest absolute Gasteiger partial charge is 0.406 e. The first-order chi connectivity index (χ1) is 14.9. The van der Waals surface area contributed by atoms with Crippen LogP contribution in [0.4, 0.5) is 17.6 Å². The minimum atomic E-state index is -4.78. The number of halogens is 6. The molecule has 174 valence electrons. The van der Waals surface area contributed by atoms with Crippen molar-refractivity contribution in [1.82, 2.24) is 4.98 Å². The lowest BCUT2D eigenvalue weighted by Crippen LogP contribution is -2.17. The molecule has 3 nitrogen and oxygen atoms in total. The molecular weight excluding hydrogens is 479 g/mol. The molecule has 0 aliphatic carbocycles. The summed E-state index contributed by atoms with van der Waals surface area (Å²) in [5.74, 6) is -0.820. The Morgan fingerprint density at radius 2 is 1.67 bits per heavy atom. The van der Waals surface area contributed by atoms with Gasteiger partial charge in [-0.1, -0.05) is 24.3 Å². The molecular formula is C24H20Cl2F4N2O. The van der Waals surface area contributed by atoms with Crippen molar-refractivity contribution in [3.63, 3.8) is 0 Å². The van der Waals surface area contributed by atoms with Crippen molar-refractivity contribution in [2.75, 3.05) is 6.54 Å². The molecule has 0 unspecified atom stereocenters. The van der Waals surface area contributed by atoms with Crippen LogP contribution >= 0.6 is 24.8 Å². The summed E-state index contributed by atoms with van der Waals surface area (Å²) in [5, 5.41) is 0. The number of aliphatic imine (C=N–C) groups is 1. The molecule has 0 bridgehead atoms. The lowest BCUT2D eigenvalue weighted by atomic mass is 9.94. The van der Waals surface area contributed by atoms with Crippen LogP contribution in [-0.4, -0.2) is 23.6 Å². The summed E-state index contributed by atoms with van der Waals surface area (Å²) in [6, 6.07) is 13.8. The highest BCUT2D eigenvalue weighted by Gasteiger charge is 2.31. The maximum Gasteiger partial charge on any atom is 0.573 e. The predicted octanol–water partition coefficient (Wildman–Crippen LogP) is 7.30. The third-order valence-electron chi connectivity index (χ3n) is 4.84. The zero-order chi connectivity index (χ0) is 21.8. The predicted molar refractivity (Wildman–Crippen MR) is 126 cm³/mol. The number of hydrogen-bond donors (Lipinski definition) is 0. The van der Waals surface area contributed by atoms with Crippen LogP contribution in [0.15, 0.2) is 77.6 Å². The molecule has 0 radical (unpaired) electrons. The standard InChI is InChI=1S/C24H18F4N2O.2ClH/c25-22-14-17(16-4-1-7-21(13-16)31-24(26,27)28)8-9-18(22)12-19-5-3-11-30-23(19)20-6-2-10-29-15-20;;/h1-2,4,6-10,12-15H,3,5,11H2;2*1H/b19-12+;;. The van der Waals surface area contributed by atoms with Gasteiger partial charge in [-0.3, -0.25) is 9.98 Å². The van der Waals surface area contributed by atoms with Crippen LogP contribution in [0, 0.1) is 5.82 Å². The highest BCUT2D eigenvalue weighted by molar-refractivity contribution is 6.15. The minimum Gasteiger partial charge on any atom is -0.406 e. The fourth-order valence-corrected chi connectivity index (χ4v) is 3.48. The number of nitrogens with zero attached hydrogens (tertiary/aromatic N) is 2. The molecule has 0 saturated carbocycles. The maximum atomic E-state index is 14.9. The Morgan fingerprint density at radius 1 is 0.909 bits per heavy atom. The van der Waals surface area contributed by atoms with E-state index in [2.05, 4.69) is 14.7 Å². The third-order valence-corrected chi connectivity index (χ3v) is 4.84. The molecule has 0 amide bonds. The Labute approximate surface area is 201 Å². The first-order valence-corrected chi connectivity index (χ1v) is 9.70. The van der Waals surface area contributed by atoms with Crippen LogP contribution in [-0.2, 0) is 0 Å². The lowest BCUT2D eigenvalue weighted by molar-refractivity contribution is -0.274. The van der Waals surface area contributed by atoms with Crippen LogP contribution in [0.3, 0.4) is 0 Å². The van der Waals surface area contributed by atoms with Gasteiger partial charge in [-0.05, 0) is 65.9 Å². The fraction of sp³-hybridized carbons (Fsp3) is 0.167. The first kappa shape index (κ1) is 26.4. The molecule has 1 aliphatic rings. The summed E-state index contributed by atoms with van der Waals surface area (Å²) in [7, 11) is 0. The Bertz CT molecular complexity index is 1150. The second-order valence-electron chi connectivity index (χ2n) is 7.06. The van der Waals surface area contributed by atoms with Crippen LogP contribution < -0.4 is 4.74 Å². The van der Waals surface area contributed by atoms with Gasteiger partial charge in [0.25, 0.3) is 0 Å². The second kappa shape index (κ2) is 11.3. The topological polar surface area (TPSA) is 34.5 Å². The summed E-state index contributed by atoms with van der Waals surface area (Å²) in [5.41, 5.74) is 3.88.